The summed E-state index contributed by atoms with van der Waals surface area (Å²) in [5.74, 6) is 2.95. The number of nitriles is 1. The third kappa shape index (κ3) is 6.15. The zero-order valence-electron chi connectivity index (χ0n) is 22.0. The van der Waals surface area contributed by atoms with Gasteiger partial charge in [-0.25, -0.2) is 14.8 Å². The van der Waals surface area contributed by atoms with E-state index in [0.29, 0.717) is 60.9 Å². The summed E-state index contributed by atoms with van der Waals surface area (Å²) < 4.78 is 0. The van der Waals surface area contributed by atoms with E-state index in [2.05, 4.69) is 26.7 Å². The summed E-state index contributed by atoms with van der Waals surface area (Å²) in [5.41, 5.74) is 2.87. The molecule has 12 heteroatoms. The maximum absolute atomic E-state index is 13.4. The number of nitrogens with one attached hydrogen (secondary N) is 2. The number of carbonyl (C=O) groups excluding carboxylic acids is 3. The normalized spacial score (nSPS) is 18.3. The van der Waals surface area contributed by atoms with Crippen molar-refractivity contribution in [3.8, 4) is 6.07 Å². The quantitative estimate of drug-likeness (QED) is 0.523. The van der Waals surface area contributed by atoms with Gasteiger partial charge in [-0.05, 0) is 55.9 Å². The molecule has 2 fully saturated rings. The lowest BCUT2D eigenvalue weighted by atomic mass is 10.0. The predicted octanol–water partition coefficient (Wildman–Crippen LogP) is 2.73. The van der Waals surface area contributed by atoms with E-state index in [-0.39, 0.29) is 17.6 Å². The SMILES string of the molecule is CN1CCN(Cc2cc3c(nc2C=O)N(C(=O)Nc2cc(NC4CCSCC4)c(C#N)cn2)CCC3)C(=O)C1. The van der Waals surface area contributed by atoms with Gasteiger partial charge in [-0.1, -0.05) is 0 Å². The Labute approximate surface area is 231 Å². The Balaban J connectivity index is 1.33. The molecule has 0 aromatic carbocycles. The number of anilines is 3. The van der Waals surface area contributed by atoms with Gasteiger partial charge >= 0.3 is 6.03 Å². The van der Waals surface area contributed by atoms with Crippen molar-refractivity contribution in [2.75, 3.05) is 60.3 Å². The van der Waals surface area contributed by atoms with Gasteiger partial charge in [-0.15, -0.1) is 0 Å². The number of aromatic nitrogens is 2. The second-order valence-electron chi connectivity index (χ2n) is 10.1. The Morgan fingerprint density at radius 3 is 2.82 bits per heavy atom. The molecule has 2 aromatic heterocycles. The average Bonchev–Trinajstić information content (AvgIpc) is 2.94. The second kappa shape index (κ2) is 12.0. The van der Waals surface area contributed by atoms with Gasteiger partial charge in [0.25, 0.3) is 0 Å². The summed E-state index contributed by atoms with van der Waals surface area (Å²) in [4.78, 5) is 51.9. The summed E-state index contributed by atoms with van der Waals surface area (Å²) in [6.07, 6.45) is 5.64. The van der Waals surface area contributed by atoms with Gasteiger partial charge in [0.1, 0.15) is 23.4 Å². The van der Waals surface area contributed by atoms with E-state index in [1.165, 1.54) is 11.1 Å². The highest BCUT2D eigenvalue weighted by Crippen LogP contribution is 2.29. The maximum atomic E-state index is 13.4. The molecular formula is C27H32N8O3S. The van der Waals surface area contributed by atoms with Gasteiger partial charge in [-0.3, -0.25) is 24.7 Å². The molecule has 2 saturated heterocycles. The van der Waals surface area contributed by atoms with E-state index in [4.69, 9.17) is 0 Å². The van der Waals surface area contributed by atoms with Crippen LogP contribution < -0.4 is 15.5 Å². The summed E-state index contributed by atoms with van der Waals surface area (Å²) in [5, 5.41) is 15.8. The van der Waals surface area contributed by atoms with Crippen molar-refractivity contribution < 1.29 is 14.4 Å². The van der Waals surface area contributed by atoms with Gasteiger partial charge in [-0.2, -0.15) is 17.0 Å². The molecule has 3 aliphatic rings. The number of aldehydes is 1. The zero-order valence-corrected chi connectivity index (χ0v) is 22.8. The van der Waals surface area contributed by atoms with Crippen LogP contribution in [0.4, 0.5) is 22.1 Å². The summed E-state index contributed by atoms with van der Waals surface area (Å²) in [6.45, 7) is 2.48. The van der Waals surface area contributed by atoms with E-state index in [9.17, 15) is 19.6 Å². The monoisotopic (exact) mass is 548 g/mol. The lowest BCUT2D eigenvalue weighted by Gasteiger charge is -2.33. The first-order valence-electron chi connectivity index (χ1n) is 13.2. The smallest absolute Gasteiger partial charge is 0.328 e. The molecule has 0 saturated carbocycles. The molecule has 0 spiro atoms. The molecule has 0 atom stereocenters. The lowest BCUT2D eigenvalue weighted by Crippen LogP contribution is -2.48. The minimum atomic E-state index is -0.403. The third-order valence-electron chi connectivity index (χ3n) is 7.34. The molecule has 5 heterocycles. The molecule has 5 rings (SSSR count). The number of nitrogens with zero attached hydrogens (tertiary/aromatic N) is 6. The number of pyridine rings is 2. The van der Waals surface area contributed by atoms with Crippen LogP contribution in [0.3, 0.4) is 0 Å². The molecule has 0 aliphatic carbocycles. The van der Waals surface area contributed by atoms with Crippen LogP contribution in [0.2, 0.25) is 0 Å². The van der Waals surface area contributed by atoms with Gasteiger partial charge < -0.3 is 10.2 Å². The highest BCUT2D eigenvalue weighted by Gasteiger charge is 2.28. The number of aryl methyl sites for hydroxylation is 1. The third-order valence-corrected chi connectivity index (χ3v) is 8.39. The van der Waals surface area contributed by atoms with Crippen molar-refractivity contribution in [3.05, 3.63) is 40.7 Å². The Kier molecular flexibility index (Phi) is 8.28. The van der Waals surface area contributed by atoms with Gasteiger partial charge in [0.15, 0.2) is 6.29 Å². The summed E-state index contributed by atoms with van der Waals surface area (Å²) in [7, 11) is 1.91. The number of fused-ring (bicyclic) bond motifs is 1. The number of hydrogen-bond acceptors (Lipinski definition) is 9. The fourth-order valence-corrected chi connectivity index (χ4v) is 6.26. The number of hydrogen-bond donors (Lipinski definition) is 2. The molecule has 0 radical (unpaired) electrons. The van der Waals surface area contributed by atoms with Crippen LogP contribution in [-0.4, -0.2) is 88.8 Å². The van der Waals surface area contributed by atoms with E-state index in [0.717, 1.165) is 49.3 Å². The van der Waals surface area contributed by atoms with Crippen molar-refractivity contribution in [2.24, 2.45) is 0 Å². The predicted molar refractivity (Wildman–Crippen MR) is 150 cm³/mol. The van der Waals surface area contributed by atoms with E-state index < -0.39 is 6.03 Å². The minimum Gasteiger partial charge on any atom is -0.381 e. The molecule has 3 aliphatic heterocycles. The summed E-state index contributed by atoms with van der Waals surface area (Å²) >= 11 is 1.93. The van der Waals surface area contributed by atoms with Crippen LogP contribution in [0, 0.1) is 11.3 Å². The number of urea groups is 1. The maximum Gasteiger partial charge on any atom is 0.328 e. The number of thioether (sulfide) groups is 1. The van der Waals surface area contributed by atoms with Gasteiger partial charge in [0.2, 0.25) is 5.91 Å². The number of amides is 3. The number of piperazine rings is 1. The Bertz CT molecular complexity index is 1310. The molecule has 204 valence electrons. The first-order chi connectivity index (χ1) is 18.9. The largest absolute Gasteiger partial charge is 0.381 e. The van der Waals surface area contributed by atoms with Crippen LogP contribution in [-0.2, 0) is 17.8 Å². The molecular weight excluding hydrogens is 516 g/mol. The number of carbonyl (C=O) groups is 3. The molecule has 3 amide bonds. The van der Waals surface area contributed by atoms with E-state index in [1.807, 2.05) is 29.8 Å². The number of rotatable bonds is 6. The molecule has 0 bridgehead atoms. The Morgan fingerprint density at radius 1 is 1.26 bits per heavy atom. The van der Waals surface area contributed by atoms with Crippen molar-refractivity contribution in [1.29, 1.82) is 5.26 Å². The van der Waals surface area contributed by atoms with Crippen LogP contribution in [0.5, 0.6) is 0 Å². The molecule has 2 N–H and O–H groups in total. The Morgan fingerprint density at radius 2 is 2.08 bits per heavy atom. The van der Waals surface area contributed by atoms with E-state index >= 15 is 0 Å². The molecule has 39 heavy (non-hydrogen) atoms. The second-order valence-corrected chi connectivity index (χ2v) is 11.4. The van der Waals surface area contributed by atoms with Crippen LogP contribution in [0.25, 0.3) is 0 Å². The van der Waals surface area contributed by atoms with Crippen LogP contribution >= 0.6 is 11.8 Å². The zero-order chi connectivity index (χ0) is 27.4. The van der Waals surface area contributed by atoms with Crippen LogP contribution in [0.15, 0.2) is 18.3 Å². The molecule has 2 aromatic rings. The highest BCUT2D eigenvalue weighted by atomic mass is 32.2. The summed E-state index contributed by atoms with van der Waals surface area (Å²) in [6, 6.07) is 5.65. The van der Waals surface area contributed by atoms with Crippen LogP contribution in [0.1, 0.15) is 46.4 Å². The van der Waals surface area contributed by atoms with Crippen molar-refractivity contribution in [3.63, 3.8) is 0 Å². The van der Waals surface area contributed by atoms with Crippen molar-refractivity contribution in [2.45, 2.75) is 38.3 Å². The standard InChI is InChI=1S/C27H32N8O3S/c1-33-7-8-34(25(37)16-33)15-19-11-18-3-2-6-35(26(18)31-23(19)17-36)27(38)32-24-12-22(20(13-28)14-29-24)30-21-4-9-39-10-5-21/h11-12,14,17,21H,2-10,15-16H2,1H3,(H2,29,30,32,38). The number of likely N-dealkylation sites (N-methyl/N-ethyl adjacent to an activating group) is 1. The minimum absolute atomic E-state index is 0.0190. The molecule has 11 nitrogen and oxygen atoms in total. The fraction of sp³-hybridized carbons (Fsp3) is 0.481. The van der Waals surface area contributed by atoms with Crippen molar-refractivity contribution in [1.82, 2.24) is 19.8 Å². The first kappa shape index (κ1) is 26.9. The average molecular weight is 549 g/mol. The molecule has 0 unspecified atom stereocenters. The first-order valence-corrected chi connectivity index (χ1v) is 14.4. The highest BCUT2D eigenvalue weighted by molar-refractivity contribution is 7.99. The fourth-order valence-electron chi connectivity index (χ4n) is 5.15. The topological polar surface area (TPSA) is 135 Å². The Hall–Kier alpha value is -3.69. The van der Waals surface area contributed by atoms with Gasteiger partial charge in [0, 0.05) is 50.0 Å². The van der Waals surface area contributed by atoms with E-state index in [1.54, 1.807) is 11.0 Å². The van der Waals surface area contributed by atoms with Gasteiger partial charge in [0.05, 0.1) is 17.8 Å². The lowest BCUT2D eigenvalue weighted by molar-refractivity contribution is -0.136. The van der Waals surface area contributed by atoms with Crippen molar-refractivity contribution >= 4 is 47.3 Å².